The van der Waals surface area contributed by atoms with Crippen LogP contribution in [0.4, 0.5) is 0 Å². The summed E-state index contributed by atoms with van der Waals surface area (Å²) in [4.78, 5) is 0.878. The molecule has 3 nitrogen and oxygen atoms in total. The lowest BCUT2D eigenvalue weighted by Crippen LogP contribution is -2.39. The van der Waals surface area contributed by atoms with E-state index in [-0.39, 0.29) is 0 Å². The normalized spacial score (nSPS) is 19.6. The van der Waals surface area contributed by atoms with Crippen LogP contribution >= 0.6 is 15.9 Å². The molecular weight excluding hydrogens is 350 g/mol. The molecule has 118 valence electrons. The highest BCUT2D eigenvalue weighted by Crippen LogP contribution is 2.28. The van der Waals surface area contributed by atoms with Crippen molar-refractivity contribution in [1.82, 2.24) is 4.31 Å². The Balaban J connectivity index is 2.08. The van der Waals surface area contributed by atoms with E-state index < -0.39 is 10.0 Å². The Morgan fingerprint density at radius 1 is 1.24 bits per heavy atom. The third kappa shape index (κ3) is 4.08. The average Bonchev–Trinajstić information content (AvgIpc) is 2.48. The predicted octanol–water partition coefficient (Wildman–Crippen LogP) is 3.82. The van der Waals surface area contributed by atoms with Gasteiger partial charge in [0, 0.05) is 17.9 Å². The number of piperidine rings is 1. The maximum absolute atomic E-state index is 12.6. The molecule has 1 saturated heterocycles. The maximum atomic E-state index is 12.6. The Morgan fingerprint density at radius 3 is 2.29 bits per heavy atom. The largest absolute Gasteiger partial charge is 0.243 e. The summed E-state index contributed by atoms with van der Waals surface area (Å²) in [6.45, 7) is 5.51. The summed E-state index contributed by atoms with van der Waals surface area (Å²) in [7, 11) is -3.32. The number of halogens is 1. The monoisotopic (exact) mass is 373 g/mol. The zero-order chi connectivity index (χ0) is 15.5. The molecule has 1 aromatic rings. The molecule has 5 heteroatoms. The summed E-state index contributed by atoms with van der Waals surface area (Å²) in [5, 5.41) is 0. The van der Waals surface area contributed by atoms with Gasteiger partial charge in [-0.1, -0.05) is 48.3 Å². The molecule has 0 bridgehead atoms. The average molecular weight is 374 g/mol. The first-order valence-electron chi connectivity index (χ1n) is 7.68. The van der Waals surface area contributed by atoms with Crippen LogP contribution in [-0.4, -0.2) is 30.6 Å². The molecule has 1 aliphatic heterocycles. The van der Waals surface area contributed by atoms with Crippen molar-refractivity contribution in [3.8, 4) is 0 Å². The van der Waals surface area contributed by atoms with Gasteiger partial charge in [0.2, 0.25) is 10.0 Å². The van der Waals surface area contributed by atoms with E-state index in [9.17, 15) is 8.42 Å². The quantitative estimate of drug-likeness (QED) is 0.735. The van der Waals surface area contributed by atoms with Gasteiger partial charge >= 0.3 is 0 Å². The molecule has 0 amide bonds. The number of aryl methyl sites for hydroxylation is 1. The van der Waals surface area contributed by atoms with Gasteiger partial charge in [0.25, 0.3) is 0 Å². The van der Waals surface area contributed by atoms with E-state index in [0.717, 1.165) is 25.7 Å². The fourth-order valence-electron chi connectivity index (χ4n) is 2.84. The molecule has 0 saturated carbocycles. The second kappa shape index (κ2) is 7.25. The van der Waals surface area contributed by atoms with E-state index in [2.05, 4.69) is 29.8 Å². The van der Waals surface area contributed by atoms with Crippen molar-refractivity contribution in [1.29, 1.82) is 0 Å². The minimum atomic E-state index is -3.32. The lowest BCUT2D eigenvalue weighted by atomic mass is 9.96. The number of hydrogen-bond acceptors (Lipinski definition) is 2. The Morgan fingerprint density at radius 2 is 1.81 bits per heavy atom. The fourth-order valence-corrected chi connectivity index (χ4v) is 4.84. The number of rotatable bonds is 5. The van der Waals surface area contributed by atoms with Crippen LogP contribution in [0.5, 0.6) is 0 Å². The number of hydrogen-bond donors (Lipinski definition) is 0. The highest BCUT2D eigenvalue weighted by molar-refractivity contribution is 9.09. The van der Waals surface area contributed by atoms with Crippen molar-refractivity contribution >= 4 is 26.0 Å². The van der Waals surface area contributed by atoms with E-state index in [1.807, 2.05) is 12.1 Å². The Hall–Kier alpha value is -0.390. The van der Waals surface area contributed by atoms with Crippen molar-refractivity contribution in [2.75, 3.05) is 13.1 Å². The van der Waals surface area contributed by atoms with E-state index in [0.29, 0.717) is 28.7 Å². The molecule has 0 spiro atoms. The minimum absolute atomic E-state index is 0.424. The first-order valence-corrected chi connectivity index (χ1v) is 10.0. The van der Waals surface area contributed by atoms with Crippen molar-refractivity contribution in [3.63, 3.8) is 0 Å². The van der Waals surface area contributed by atoms with Crippen LogP contribution in [0.2, 0.25) is 0 Å². The van der Waals surface area contributed by atoms with Crippen LogP contribution in [0.25, 0.3) is 0 Å². The van der Waals surface area contributed by atoms with Gasteiger partial charge in [-0.15, -0.1) is 0 Å². The lowest BCUT2D eigenvalue weighted by molar-refractivity contribution is 0.275. The van der Waals surface area contributed by atoms with Gasteiger partial charge in [0.05, 0.1) is 4.90 Å². The zero-order valence-electron chi connectivity index (χ0n) is 12.8. The third-order valence-corrected chi connectivity index (χ3v) is 6.91. The molecule has 0 radical (unpaired) electrons. The molecular formula is C16H24BrNO2S. The van der Waals surface area contributed by atoms with Crippen LogP contribution in [0, 0.1) is 5.92 Å². The van der Waals surface area contributed by atoms with E-state index in [1.54, 1.807) is 16.4 Å². The van der Waals surface area contributed by atoms with Crippen molar-refractivity contribution in [2.24, 2.45) is 5.92 Å². The maximum Gasteiger partial charge on any atom is 0.243 e. The summed E-state index contributed by atoms with van der Waals surface area (Å²) in [5.41, 5.74) is 1.20. The van der Waals surface area contributed by atoms with Crippen LogP contribution < -0.4 is 0 Å². The van der Waals surface area contributed by atoms with Gasteiger partial charge in [-0.2, -0.15) is 4.31 Å². The smallest absolute Gasteiger partial charge is 0.207 e. The molecule has 0 N–H and O–H groups in total. The van der Waals surface area contributed by atoms with Gasteiger partial charge in [-0.25, -0.2) is 8.42 Å². The molecule has 1 unspecified atom stereocenters. The highest BCUT2D eigenvalue weighted by atomic mass is 79.9. The topological polar surface area (TPSA) is 37.4 Å². The number of nitrogens with zero attached hydrogens (tertiary/aromatic N) is 1. The zero-order valence-corrected chi connectivity index (χ0v) is 15.2. The summed E-state index contributed by atoms with van der Waals surface area (Å²) < 4.78 is 26.9. The standard InChI is InChI=1S/C16H24BrNO2S/c1-3-4-14-5-7-16(8-6-14)21(19,20)18-11-9-15(10-12-18)13(2)17/h5-8,13,15H,3-4,9-12H2,1-2H3. The van der Waals surface area contributed by atoms with Gasteiger partial charge in [0.1, 0.15) is 0 Å². The molecule has 0 aromatic heterocycles. The molecule has 21 heavy (non-hydrogen) atoms. The summed E-state index contributed by atoms with van der Waals surface area (Å²) in [6.07, 6.45) is 3.93. The molecule has 2 rings (SSSR count). The molecule has 1 heterocycles. The van der Waals surface area contributed by atoms with E-state index in [1.165, 1.54) is 5.56 Å². The Labute approximate surface area is 136 Å². The van der Waals surface area contributed by atoms with E-state index >= 15 is 0 Å². The number of benzene rings is 1. The van der Waals surface area contributed by atoms with Crippen molar-refractivity contribution < 1.29 is 8.42 Å². The second-order valence-electron chi connectivity index (χ2n) is 5.81. The highest BCUT2D eigenvalue weighted by Gasteiger charge is 2.30. The van der Waals surface area contributed by atoms with Crippen LogP contribution in [0.15, 0.2) is 29.2 Å². The first-order chi connectivity index (χ1) is 9.95. The summed E-state index contributed by atoms with van der Waals surface area (Å²) in [5.74, 6) is 0.573. The minimum Gasteiger partial charge on any atom is -0.207 e. The van der Waals surface area contributed by atoms with Crippen molar-refractivity contribution in [2.45, 2.75) is 49.3 Å². The van der Waals surface area contributed by atoms with Crippen LogP contribution in [0.1, 0.15) is 38.7 Å². The van der Waals surface area contributed by atoms with Crippen LogP contribution in [-0.2, 0) is 16.4 Å². The molecule has 0 aliphatic carbocycles. The SMILES string of the molecule is CCCc1ccc(S(=O)(=O)N2CCC(C(C)Br)CC2)cc1. The fraction of sp³-hybridized carbons (Fsp3) is 0.625. The molecule has 1 aromatic carbocycles. The number of sulfonamides is 1. The lowest BCUT2D eigenvalue weighted by Gasteiger charge is -2.32. The Bertz CT molecular complexity index is 546. The summed E-state index contributed by atoms with van der Waals surface area (Å²) >= 11 is 3.61. The van der Waals surface area contributed by atoms with Gasteiger partial charge in [-0.3, -0.25) is 0 Å². The molecule has 1 fully saturated rings. The van der Waals surface area contributed by atoms with Gasteiger partial charge in [-0.05, 0) is 42.9 Å². The number of alkyl halides is 1. The molecule has 1 atom stereocenters. The van der Waals surface area contributed by atoms with E-state index in [4.69, 9.17) is 0 Å². The predicted molar refractivity (Wildman–Crippen MR) is 90.3 cm³/mol. The summed E-state index contributed by atoms with van der Waals surface area (Å²) in [6, 6.07) is 7.37. The van der Waals surface area contributed by atoms with Gasteiger partial charge in [0.15, 0.2) is 0 Å². The molecule has 1 aliphatic rings. The van der Waals surface area contributed by atoms with Gasteiger partial charge < -0.3 is 0 Å². The third-order valence-electron chi connectivity index (χ3n) is 4.25. The van der Waals surface area contributed by atoms with Crippen molar-refractivity contribution in [3.05, 3.63) is 29.8 Å². The second-order valence-corrected chi connectivity index (χ2v) is 9.20. The first kappa shape index (κ1) is 17.0. The van der Waals surface area contributed by atoms with Crippen LogP contribution in [0.3, 0.4) is 0 Å². The Kier molecular flexibility index (Phi) is 5.86.